The van der Waals surface area contributed by atoms with Gasteiger partial charge >= 0.3 is 0 Å². The Bertz CT molecular complexity index is 433. The molecular formula is C12H13F2NO2. The Hall–Kier alpha value is -1.78. The van der Waals surface area contributed by atoms with Gasteiger partial charge < -0.3 is 5.32 Å². The molecule has 0 unspecified atom stereocenters. The van der Waals surface area contributed by atoms with E-state index in [1.807, 2.05) is 0 Å². The fourth-order valence-electron chi connectivity index (χ4n) is 1.35. The third-order valence-corrected chi connectivity index (χ3v) is 2.14. The lowest BCUT2D eigenvalue weighted by molar-refractivity contribution is -0.127. The van der Waals surface area contributed by atoms with Crippen molar-refractivity contribution in [3.63, 3.8) is 0 Å². The minimum absolute atomic E-state index is 0.175. The molecule has 17 heavy (non-hydrogen) atoms. The second-order valence-electron chi connectivity index (χ2n) is 3.71. The summed E-state index contributed by atoms with van der Waals surface area (Å²) in [6.45, 7) is 1.54. The summed E-state index contributed by atoms with van der Waals surface area (Å²) in [5.74, 6) is -1.88. The van der Waals surface area contributed by atoms with Crippen LogP contribution < -0.4 is 5.32 Å². The Morgan fingerprint density at radius 1 is 1.29 bits per heavy atom. The molecule has 0 radical (unpaired) electrons. The van der Waals surface area contributed by atoms with Crippen molar-refractivity contribution in [3.8, 4) is 0 Å². The van der Waals surface area contributed by atoms with E-state index in [2.05, 4.69) is 5.32 Å². The molecule has 1 amide bonds. The third kappa shape index (κ3) is 4.72. The molecule has 0 bridgehead atoms. The van der Waals surface area contributed by atoms with Gasteiger partial charge in [0.15, 0.2) is 0 Å². The highest BCUT2D eigenvalue weighted by molar-refractivity contribution is 5.96. The van der Waals surface area contributed by atoms with E-state index in [9.17, 15) is 18.4 Å². The van der Waals surface area contributed by atoms with Crippen LogP contribution in [0.1, 0.15) is 18.9 Å². The van der Waals surface area contributed by atoms with Gasteiger partial charge in [-0.05, 0) is 25.0 Å². The van der Waals surface area contributed by atoms with Crippen LogP contribution >= 0.6 is 0 Å². The molecule has 0 fully saturated rings. The van der Waals surface area contributed by atoms with Gasteiger partial charge in [-0.3, -0.25) is 9.59 Å². The average Bonchev–Trinajstić information content (AvgIpc) is 2.20. The zero-order chi connectivity index (χ0) is 12.8. The molecule has 5 heteroatoms. The fourth-order valence-corrected chi connectivity index (χ4v) is 1.35. The van der Waals surface area contributed by atoms with Gasteiger partial charge in [-0.1, -0.05) is 6.07 Å². The van der Waals surface area contributed by atoms with Gasteiger partial charge in [0, 0.05) is 12.6 Å². The van der Waals surface area contributed by atoms with Crippen LogP contribution in [0, 0.1) is 11.6 Å². The van der Waals surface area contributed by atoms with Crippen LogP contribution in [0.2, 0.25) is 0 Å². The fraction of sp³-hybridized carbons (Fsp3) is 0.333. The van der Waals surface area contributed by atoms with Crippen molar-refractivity contribution in [2.24, 2.45) is 0 Å². The van der Waals surface area contributed by atoms with E-state index in [0.29, 0.717) is 5.56 Å². The zero-order valence-corrected chi connectivity index (χ0v) is 9.43. The van der Waals surface area contributed by atoms with E-state index < -0.39 is 11.6 Å². The van der Waals surface area contributed by atoms with Crippen LogP contribution in [0.15, 0.2) is 18.2 Å². The van der Waals surface area contributed by atoms with Crippen molar-refractivity contribution >= 4 is 11.7 Å². The highest BCUT2D eigenvalue weighted by Crippen LogP contribution is 2.09. The van der Waals surface area contributed by atoms with Crippen LogP contribution in [0.3, 0.4) is 0 Å². The number of carbonyl (C=O) groups excluding carboxylic acids is 2. The van der Waals surface area contributed by atoms with Crippen LogP contribution in [0.4, 0.5) is 8.78 Å². The number of ketones is 1. The number of nitrogens with one attached hydrogen (secondary N) is 1. The van der Waals surface area contributed by atoms with E-state index in [-0.39, 0.29) is 31.1 Å². The molecule has 1 rings (SSSR count). The summed E-state index contributed by atoms with van der Waals surface area (Å²) in [5, 5.41) is 2.48. The standard InChI is InChI=1S/C12H13F2NO2/c1-8(16)6-12(17)15-5-4-9-2-3-10(13)7-11(9)14/h2-3,7H,4-6H2,1H3,(H,15,17). The van der Waals surface area contributed by atoms with Crippen LogP contribution in [0.25, 0.3) is 0 Å². The van der Waals surface area contributed by atoms with Gasteiger partial charge in [-0.25, -0.2) is 8.78 Å². The van der Waals surface area contributed by atoms with E-state index in [1.165, 1.54) is 13.0 Å². The number of Topliss-reactive ketones (excluding diaryl/α,β-unsaturated/α-hetero) is 1. The minimum Gasteiger partial charge on any atom is -0.355 e. The Morgan fingerprint density at radius 2 is 2.00 bits per heavy atom. The number of hydrogen-bond donors (Lipinski definition) is 1. The number of rotatable bonds is 5. The number of hydrogen-bond acceptors (Lipinski definition) is 2. The van der Waals surface area contributed by atoms with Gasteiger partial charge in [0.2, 0.25) is 5.91 Å². The van der Waals surface area contributed by atoms with E-state index in [1.54, 1.807) is 0 Å². The molecule has 0 atom stereocenters. The molecule has 1 aromatic carbocycles. The lowest BCUT2D eigenvalue weighted by Crippen LogP contribution is -2.27. The van der Waals surface area contributed by atoms with Crippen molar-refractivity contribution in [1.29, 1.82) is 0 Å². The van der Waals surface area contributed by atoms with Gasteiger partial charge in [-0.15, -0.1) is 0 Å². The van der Waals surface area contributed by atoms with Gasteiger partial charge in [-0.2, -0.15) is 0 Å². The molecule has 0 saturated heterocycles. The molecular weight excluding hydrogens is 228 g/mol. The van der Waals surface area contributed by atoms with Gasteiger partial charge in [0.25, 0.3) is 0 Å². The number of amides is 1. The maximum absolute atomic E-state index is 13.2. The SMILES string of the molecule is CC(=O)CC(=O)NCCc1ccc(F)cc1F. The maximum Gasteiger partial charge on any atom is 0.227 e. The molecule has 0 heterocycles. The largest absolute Gasteiger partial charge is 0.355 e. The van der Waals surface area contributed by atoms with Crippen molar-refractivity contribution in [2.75, 3.05) is 6.54 Å². The topological polar surface area (TPSA) is 46.2 Å². The zero-order valence-electron chi connectivity index (χ0n) is 9.43. The summed E-state index contributed by atoms with van der Waals surface area (Å²) in [6.07, 6.45) is 0.0850. The second-order valence-corrected chi connectivity index (χ2v) is 3.71. The van der Waals surface area contributed by atoms with Crippen molar-refractivity contribution in [1.82, 2.24) is 5.32 Å². The minimum atomic E-state index is -0.634. The first-order valence-corrected chi connectivity index (χ1v) is 5.19. The molecule has 3 nitrogen and oxygen atoms in total. The molecule has 0 spiro atoms. The Balaban J connectivity index is 2.41. The predicted octanol–water partition coefficient (Wildman–Crippen LogP) is 1.60. The summed E-state index contributed by atoms with van der Waals surface area (Å²) < 4.78 is 25.8. The Labute approximate surface area is 97.8 Å². The molecule has 0 aliphatic rings. The molecule has 0 aromatic heterocycles. The third-order valence-electron chi connectivity index (χ3n) is 2.14. The van der Waals surface area contributed by atoms with E-state index >= 15 is 0 Å². The first-order valence-electron chi connectivity index (χ1n) is 5.19. The van der Waals surface area contributed by atoms with Crippen LogP contribution in [-0.4, -0.2) is 18.2 Å². The van der Waals surface area contributed by atoms with E-state index in [4.69, 9.17) is 0 Å². The summed E-state index contributed by atoms with van der Waals surface area (Å²) in [5.41, 5.74) is 0.328. The quantitative estimate of drug-likeness (QED) is 0.796. The second kappa shape index (κ2) is 6.08. The van der Waals surface area contributed by atoms with Crippen molar-refractivity contribution in [3.05, 3.63) is 35.4 Å². The molecule has 0 saturated carbocycles. The Kier molecular flexibility index (Phi) is 4.75. The number of benzene rings is 1. The summed E-state index contributed by atoms with van der Waals surface area (Å²) in [7, 11) is 0. The first kappa shape index (κ1) is 13.3. The number of halogens is 2. The highest BCUT2D eigenvalue weighted by Gasteiger charge is 2.06. The molecule has 1 N–H and O–H groups in total. The van der Waals surface area contributed by atoms with Gasteiger partial charge in [0.05, 0.1) is 6.42 Å². The molecule has 0 aliphatic heterocycles. The molecule has 92 valence electrons. The van der Waals surface area contributed by atoms with Gasteiger partial charge in [0.1, 0.15) is 17.4 Å². The monoisotopic (exact) mass is 241 g/mol. The average molecular weight is 241 g/mol. The predicted molar refractivity (Wildman–Crippen MR) is 58.4 cm³/mol. The normalized spacial score (nSPS) is 10.1. The first-order chi connectivity index (χ1) is 7.99. The summed E-state index contributed by atoms with van der Waals surface area (Å²) in [4.78, 5) is 21.7. The molecule has 0 aliphatic carbocycles. The van der Waals surface area contributed by atoms with Crippen molar-refractivity contribution in [2.45, 2.75) is 19.8 Å². The molecule has 1 aromatic rings. The lowest BCUT2D eigenvalue weighted by Gasteiger charge is -2.05. The Morgan fingerprint density at radius 3 is 2.59 bits per heavy atom. The summed E-state index contributed by atoms with van der Waals surface area (Å²) in [6, 6.07) is 3.30. The van der Waals surface area contributed by atoms with Crippen molar-refractivity contribution < 1.29 is 18.4 Å². The van der Waals surface area contributed by atoms with Crippen LogP contribution in [0.5, 0.6) is 0 Å². The van der Waals surface area contributed by atoms with Crippen LogP contribution in [-0.2, 0) is 16.0 Å². The van der Waals surface area contributed by atoms with E-state index in [0.717, 1.165) is 12.1 Å². The summed E-state index contributed by atoms with van der Waals surface area (Å²) >= 11 is 0. The smallest absolute Gasteiger partial charge is 0.227 e. The highest BCUT2D eigenvalue weighted by atomic mass is 19.1. The maximum atomic E-state index is 13.2. The number of carbonyl (C=O) groups is 2. The lowest BCUT2D eigenvalue weighted by atomic mass is 10.1.